The lowest BCUT2D eigenvalue weighted by Gasteiger charge is -2.35. The smallest absolute Gasteiger partial charge is 0.321 e. The second kappa shape index (κ2) is 13.2. The Labute approximate surface area is 212 Å². The lowest BCUT2D eigenvalue weighted by molar-refractivity contribution is 0.208. The average Bonchev–Trinajstić information content (AvgIpc) is 2.93. The van der Waals surface area contributed by atoms with E-state index in [2.05, 4.69) is 26.8 Å². The first-order valence-corrected chi connectivity index (χ1v) is 12.2. The number of carbonyl (C=O) groups is 1. The van der Waals surface area contributed by atoms with Crippen LogP contribution in [0.2, 0.25) is 0 Å². The number of carbonyl (C=O) groups excluding carboxylic acids is 1. The molecule has 3 aromatic rings. The monoisotopic (exact) mass is 493 g/mol. The molecule has 0 saturated carbocycles. The van der Waals surface area contributed by atoms with E-state index in [9.17, 15) is 4.79 Å². The molecule has 192 valence electrons. The van der Waals surface area contributed by atoms with Crippen molar-refractivity contribution in [3.05, 3.63) is 55.4 Å². The van der Waals surface area contributed by atoms with E-state index in [4.69, 9.17) is 14.2 Å². The molecule has 9 nitrogen and oxygen atoms in total. The van der Waals surface area contributed by atoms with Crippen LogP contribution in [0, 0.1) is 0 Å². The van der Waals surface area contributed by atoms with Gasteiger partial charge in [0.25, 0.3) is 0 Å². The molecule has 4 rings (SSSR count). The van der Waals surface area contributed by atoms with Gasteiger partial charge < -0.3 is 29.3 Å². The molecule has 1 saturated heterocycles. The van der Waals surface area contributed by atoms with Gasteiger partial charge in [-0.2, -0.15) is 0 Å². The molecule has 1 N–H and O–H groups in total. The van der Waals surface area contributed by atoms with Gasteiger partial charge in [-0.3, -0.25) is 0 Å². The summed E-state index contributed by atoms with van der Waals surface area (Å²) in [5.74, 6) is 2.81. The van der Waals surface area contributed by atoms with Gasteiger partial charge in [0, 0.05) is 43.3 Å². The molecule has 9 heteroatoms. The molecule has 1 fully saturated rings. The first-order chi connectivity index (χ1) is 17.6. The Balaban J connectivity index is 0.00000176. The largest absolute Gasteiger partial charge is 0.494 e. The molecule has 0 atom stereocenters. The Morgan fingerprint density at radius 1 is 1.06 bits per heavy atom. The Morgan fingerprint density at radius 2 is 1.78 bits per heavy atom. The van der Waals surface area contributed by atoms with Crippen LogP contribution in [0.15, 0.2) is 55.4 Å². The fourth-order valence-electron chi connectivity index (χ4n) is 3.85. The fourth-order valence-corrected chi connectivity index (χ4v) is 3.85. The summed E-state index contributed by atoms with van der Waals surface area (Å²) in [4.78, 5) is 25.6. The first-order valence-electron chi connectivity index (χ1n) is 12.2. The summed E-state index contributed by atoms with van der Waals surface area (Å²) in [5, 5.41) is 3.83. The van der Waals surface area contributed by atoms with E-state index in [0.717, 1.165) is 28.2 Å². The van der Waals surface area contributed by atoms with Gasteiger partial charge in [0.2, 0.25) is 0 Å². The van der Waals surface area contributed by atoms with Crippen LogP contribution in [-0.4, -0.2) is 67.4 Å². The lowest BCUT2D eigenvalue weighted by Crippen LogP contribution is -2.50. The SMILES string of the molecule is C=CCOc1cc2ncnc(N3CCN(C(=O)Nc4ccc(OCC)cc4)CC3)c2cc1OC.CC. The number of nitrogens with one attached hydrogen (secondary N) is 1. The molecule has 2 heterocycles. The minimum Gasteiger partial charge on any atom is -0.494 e. The third-order valence-electron chi connectivity index (χ3n) is 5.54. The van der Waals surface area contributed by atoms with E-state index >= 15 is 0 Å². The highest BCUT2D eigenvalue weighted by molar-refractivity contribution is 5.92. The van der Waals surface area contributed by atoms with E-state index < -0.39 is 0 Å². The van der Waals surface area contributed by atoms with Gasteiger partial charge in [-0.25, -0.2) is 14.8 Å². The zero-order valence-corrected chi connectivity index (χ0v) is 21.5. The first kappa shape index (κ1) is 26.6. The highest BCUT2D eigenvalue weighted by Gasteiger charge is 2.24. The van der Waals surface area contributed by atoms with Gasteiger partial charge in [-0.15, -0.1) is 0 Å². The van der Waals surface area contributed by atoms with Gasteiger partial charge in [0.15, 0.2) is 11.5 Å². The van der Waals surface area contributed by atoms with E-state index in [0.29, 0.717) is 50.9 Å². The molecule has 1 aromatic heterocycles. The van der Waals surface area contributed by atoms with E-state index in [1.165, 1.54) is 0 Å². The number of urea groups is 1. The van der Waals surface area contributed by atoms with Crippen molar-refractivity contribution in [3.63, 3.8) is 0 Å². The van der Waals surface area contributed by atoms with Crippen LogP contribution in [-0.2, 0) is 0 Å². The summed E-state index contributed by atoms with van der Waals surface area (Å²) in [7, 11) is 1.60. The number of anilines is 2. The fraction of sp³-hybridized carbons (Fsp3) is 0.370. The maximum absolute atomic E-state index is 12.7. The molecule has 0 spiro atoms. The predicted octanol–water partition coefficient (Wildman–Crippen LogP) is 4.98. The quantitative estimate of drug-likeness (QED) is 0.443. The van der Waals surface area contributed by atoms with Crippen LogP contribution < -0.4 is 24.4 Å². The third kappa shape index (κ3) is 6.35. The zero-order chi connectivity index (χ0) is 25.9. The number of benzene rings is 2. The number of rotatable bonds is 8. The number of aromatic nitrogens is 2. The number of piperazine rings is 1. The summed E-state index contributed by atoms with van der Waals surface area (Å²) in [6.45, 7) is 13.1. The van der Waals surface area contributed by atoms with Gasteiger partial charge in [-0.1, -0.05) is 26.5 Å². The molecule has 0 unspecified atom stereocenters. The number of hydrogen-bond acceptors (Lipinski definition) is 7. The van der Waals surface area contributed by atoms with Crippen molar-refractivity contribution in [1.29, 1.82) is 0 Å². The Bertz CT molecular complexity index is 1140. The summed E-state index contributed by atoms with van der Waals surface area (Å²) >= 11 is 0. The van der Waals surface area contributed by atoms with Crippen LogP contribution in [0.5, 0.6) is 17.2 Å². The van der Waals surface area contributed by atoms with Gasteiger partial charge in [0.05, 0.1) is 19.2 Å². The second-order valence-electron chi connectivity index (χ2n) is 7.68. The Kier molecular flexibility index (Phi) is 9.73. The highest BCUT2D eigenvalue weighted by atomic mass is 16.5. The topological polar surface area (TPSA) is 89.1 Å². The second-order valence-corrected chi connectivity index (χ2v) is 7.68. The normalized spacial score (nSPS) is 12.9. The Morgan fingerprint density at radius 3 is 2.42 bits per heavy atom. The molecule has 0 aliphatic carbocycles. The van der Waals surface area contributed by atoms with Crippen molar-refractivity contribution >= 4 is 28.4 Å². The lowest BCUT2D eigenvalue weighted by atomic mass is 10.2. The number of fused-ring (bicyclic) bond motifs is 1. The molecule has 0 radical (unpaired) electrons. The van der Waals surface area contributed by atoms with Gasteiger partial charge in [0.1, 0.15) is 24.5 Å². The minimum absolute atomic E-state index is 0.123. The maximum atomic E-state index is 12.7. The van der Waals surface area contributed by atoms with Crippen LogP contribution >= 0.6 is 0 Å². The number of nitrogens with zero attached hydrogens (tertiary/aromatic N) is 4. The molecule has 2 aromatic carbocycles. The molecule has 1 aliphatic rings. The third-order valence-corrected chi connectivity index (χ3v) is 5.54. The van der Waals surface area contributed by atoms with Crippen LogP contribution in [0.1, 0.15) is 20.8 Å². The van der Waals surface area contributed by atoms with E-state index in [-0.39, 0.29) is 6.03 Å². The van der Waals surface area contributed by atoms with Crippen LogP contribution in [0.4, 0.5) is 16.3 Å². The number of ether oxygens (including phenoxy) is 3. The molecule has 2 amide bonds. The van der Waals surface area contributed by atoms with Crippen molar-refractivity contribution in [1.82, 2.24) is 14.9 Å². The molecule has 36 heavy (non-hydrogen) atoms. The Hall–Kier alpha value is -4.01. The number of amides is 2. The molecule has 0 bridgehead atoms. The van der Waals surface area contributed by atoms with E-state index in [1.807, 2.05) is 57.2 Å². The van der Waals surface area contributed by atoms with Crippen LogP contribution in [0.3, 0.4) is 0 Å². The van der Waals surface area contributed by atoms with Gasteiger partial charge >= 0.3 is 6.03 Å². The highest BCUT2D eigenvalue weighted by Crippen LogP contribution is 2.35. The molecular formula is C27H35N5O4. The maximum Gasteiger partial charge on any atom is 0.321 e. The number of hydrogen-bond donors (Lipinski definition) is 1. The molecule has 1 aliphatic heterocycles. The summed E-state index contributed by atoms with van der Waals surface area (Å²) in [5.41, 5.74) is 1.50. The van der Waals surface area contributed by atoms with Crippen molar-refractivity contribution in [2.45, 2.75) is 20.8 Å². The summed E-state index contributed by atoms with van der Waals surface area (Å²) in [6.07, 6.45) is 3.23. The average molecular weight is 494 g/mol. The van der Waals surface area contributed by atoms with Gasteiger partial charge in [-0.05, 0) is 37.3 Å². The minimum atomic E-state index is -0.123. The van der Waals surface area contributed by atoms with Crippen molar-refractivity contribution in [2.75, 3.05) is 56.7 Å². The van der Waals surface area contributed by atoms with Crippen LogP contribution in [0.25, 0.3) is 10.9 Å². The predicted molar refractivity (Wildman–Crippen MR) is 144 cm³/mol. The van der Waals surface area contributed by atoms with E-state index in [1.54, 1.807) is 24.4 Å². The molecular weight excluding hydrogens is 458 g/mol. The van der Waals surface area contributed by atoms with Crippen molar-refractivity contribution in [2.24, 2.45) is 0 Å². The standard InChI is InChI=1S/C25H29N5O4.C2H6/c1-4-14-34-23-16-21-20(15-22(23)32-3)24(27-17-26-21)29-10-12-30(13-11-29)25(31)28-18-6-8-19(9-7-18)33-5-2;1-2/h4,6-9,15-17H,1,5,10-14H2,2-3H3,(H,28,31);1-2H3. The zero-order valence-electron chi connectivity index (χ0n) is 21.5. The number of methoxy groups -OCH3 is 1. The summed E-state index contributed by atoms with van der Waals surface area (Å²) < 4.78 is 16.7. The van der Waals surface area contributed by atoms with Crippen molar-refractivity contribution in [3.8, 4) is 17.2 Å². The summed E-state index contributed by atoms with van der Waals surface area (Å²) in [6, 6.07) is 11.0. The van der Waals surface area contributed by atoms with Crippen molar-refractivity contribution < 1.29 is 19.0 Å².